The smallest absolute Gasteiger partial charge is 0.337 e. The van der Waals surface area contributed by atoms with E-state index in [9.17, 15) is 9.18 Å². The number of hydrogen-bond donors (Lipinski definition) is 3. The highest BCUT2D eigenvalue weighted by Crippen LogP contribution is 2.26. The maximum absolute atomic E-state index is 13.1. The molecule has 0 aliphatic carbocycles. The summed E-state index contributed by atoms with van der Waals surface area (Å²) in [4.78, 5) is 11.1. The lowest BCUT2D eigenvalue weighted by Gasteiger charge is -2.10. The topological polar surface area (TPSA) is 75.3 Å². The average Bonchev–Trinajstić information content (AvgIpc) is 2.36. The summed E-state index contributed by atoms with van der Waals surface area (Å²) >= 11 is 3.07. The van der Waals surface area contributed by atoms with Gasteiger partial charge in [-0.25, -0.2) is 9.18 Å². The van der Waals surface area contributed by atoms with Crippen LogP contribution >= 0.6 is 15.9 Å². The standard InChI is InChI=1S/C13H10BrFN2O2/c14-10-6-8(2-3-11(10)15)17-12-4-1-7(16)5-9(12)13(18)19/h1-6,17H,16H2,(H,18,19). The van der Waals surface area contributed by atoms with E-state index in [0.29, 0.717) is 21.5 Å². The van der Waals surface area contributed by atoms with Gasteiger partial charge in [0.05, 0.1) is 15.7 Å². The molecule has 4 nitrogen and oxygen atoms in total. The first-order valence-electron chi connectivity index (χ1n) is 5.32. The highest BCUT2D eigenvalue weighted by Gasteiger charge is 2.11. The maximum Gasteiger partial charge on any atom is 0.337 e. The van der Waals surface area contributed by atoms with Gasteiger partial charge in [0.2, 0.25) is 0 Å². The summed E-state index contributed by atoms with van der Waals surface area (Å²) in [6.07, 6.45) is 0. The molecule has 98 valence electrons. The third kappa shape index (κ3) is 3.03. The van der Waals surface area contributed by atoms with Gasteiger partial charge in [0.25, 0.3) is 0 Å². The number of carbonyl (C=O) groups is 1. The number of carboxylic acid groups (broad SMARTS) is 1. The van der Waals surface area contributed by atoms with Gasteiger partial charge in [0.15, 0.2) is 0 Å². The number of aromatic carboxylic acids is 1. The minimum atomic E-state index is -1.09. The zero-order valence-corrected chi connectivity index (χ0v) is 11.2. The second kappa shape index (κ2) is 5.27. The number of anilines is 3. The van der Waals surface area contributed by atoms with Crippen LogP contribution < -0.4 is 11.1 Å². The van der Waals surface area contributed by atoms with Gasteiger partial charge in [-0.1, -0.05) is 0 Å². The number of rotatable bonds is 3. The molecule has 0 fully saturated rings. The summed E-state index contributed by atoms with van der Waals surface area (Å²) in [5.41, 5.74) is 6.93. The van der Waals surface area contributed by atoms with Crippen molar-refractivity contribution in [2.75, 3.05) is 11.1 Å². The van der Waals surface area contributed by atoms with E-state index in [1.54, 1.807) is 12.1 Å². The number of nitrogen functional groups attached to an aromatic ring is 1. The maximum atomic E-state index is 13.1. The van der Waals surface area contributed by atoms with Crippen LogP contribution in [0.5, 0.6) is 0 Å². The van der Waals surface area contributed by atoms with E-state index >= 15 is 0 Å². The fourth-order valence-electron chi connectivity index (χ4n) is 1.58. The van der Waals surface area contributed by atoms with Crippen molar-refractivity contribution in [1.82, 2.24) is 0 Å². The normalized spacial score (nSPS) is 10.2. The Labute approximate surface area is 117 Å². The lowest BCUT2D eigenvalue weighted by Crippen LogP contribution is -2.04. The largest absolute Gasteiger partial charge is 0.478 e. The van der Waals surface area contributed by atoms with Crippen LogP contribution in [0.15, 0.2) is 40.9 Å². The summed E-state index contributed by atoms with van der Waals surface area (Å²) in [5, 5.41) is 12.0. The van der Waals surface area contributed by atoms with Crippen molar-refractivity contribution in [2.45, 2.75) is 0 Å². The molecule has 0 saturated heterocycles. The van der Waals surface area contributed by atoms with E-state index in [4.69, 9.17) is 10.8 Å². The van der Waals surface area contributed by atoms with Gasteiger partial charge in [-0.3, -0.25) is 0 Å². The van der Waals surface area contributed by atoms with E-state index in [1.807, 2.05) is 0 Å². The summed E-state index contributed by atoms with van der Waals surface area (Å²) in [6.45, 7) is 0. The third-order valence-electron chi connectivity index (χ3n) is 2.47. The molecule has 6 heteroatoms. The lowest BCUT2D eigenvalue weighted by atomic mass is 10.1. The summed E-state index contributed by atoms with van der Waals surface area (Å²) in [7, 11) is 0. The second-order valence-electron chi connectivity index (χ2n) is 3.86. The van der Waals surface area contributed by atoms with Crippen molar-refractivity contribution < 1.29 is 14.3 Å². The monoisotopic (exact) mass is 324 g/mol. The van der Waals surface area contributed by atoms with Gasteiger partial charge in [-0.15, -0.1) is 0 Å². The number of nitrogens with one attached hydrogen (secondary N) is 1. The molecule has 0 unspecified atom stereocenters. The lowest BCUT2D eigenvalue weighted by molar-refractivity contribution is 0.0698. The van der Waals surface area contributed by atoms with Crippen molar-refractivity contribution >= 4 is 39.0 Å². The van der Waals surface area contributed by atoms with Crippen molar-refractivity contribution in [3.8, 4) is 0 Å². The molecule has 2 rings (SSSR count). The zero-order valence-electron chi connectivity index (χ0n) is 9.65. The highest BCUT2D eigenvalue weighted by molar-refractivity contribution is 9.10. The summed E-state index contributed by atoms with van der Waals surface area (Å²) in [5.74, 6) is -1.47. The SMILES string of the molecule is Nc1ccc(Nc2ccc(F)c(Br)c2)c(C(=O)O)c1. The third-order valence-corrected chi connectivity index (χ3v) is 3.08. The van der Waals surface area contributed by atoms with Crippen LogP contribution in [0, 0.1) is 5.82 Å². The molecule has 4 N–H and O–H groups in total. The van der Waals surface area contributed by atoms with Crippen molar-refractivity contribution in [1.29, 1.82) is 0 Å². The molecule has 19 heavy (non-hydrogen) atoms. The Kier molecular flexibility index (Phi) is 3.71. The predicted molar refractivity (Wildman–Crippen MR) is 75.2 cm³/mol. The predicted octanol–water partition coefficient (Wildman–Crippen LogP) is 3.61. The number of carboxylic acids is 1. The first-order chi connectivity index (χ1) is 8.97. The van der Waals surface area contributed by atoms with E-state index in [-0.39, 0.29) is 11.4 Å². The van der Waals surface area contributed by atoms with Crippen LogP contribution in [0.2, 0.25) is 0 Å². The Morgan fingerprint density at radius 3 is 2.63 bits per heavy atom. The van der Waals surface area contributed by atoms with Crippen LogP contribution in [-0.2, 0) is 0 Å². The van der Waals surface area contributed by atoms with Crippen LogP contribution in [-0.4, -0.2) is 11.1 Å². The first-order valence-corrected chi connectivity index (χ1v) is 6.11. The van der Waals surface area contributed by atoms with Crippen LogP contribution in [0.25, 0.3) is 0 Å². The average molecular weight is 325 g/mol. The van der Waals surface area contributed by atoms with E-state index in [2.05, 4.69) is 21.2 Å². The Bertz CT molecular complexity index is 647. The minimum absolute atomic E-state index is 0.0560. The van der Waals surface area contributed by atoms with Gasteiger partial charge < -0.3 is 16.2 Å². The highest BCUT2D eigenvalue weighted by atomic mass is 79.9. The zero-order chi connectivity index (χ0) is 14.0. The van der Waals surface area contributed by atoms with E-state index in [1.165, 1.54) is 24.3 Å². The molecule has 0 radical (unpaired) electrons. The molecule has 0 heterocycles. The molecular weight excluding hydrogens is 315 g/mol. The van der Waals surface area contributed by atoms with Crippen LogP contribution in [0.3, 0.4) is 0 Å². The fourth-order valence-corrected chi connectivity index (χ4v) is 1.96. The Hall–Kier alpha value is -2.08. The van der Waals surface area contributed by atoms with Gasteiger partial charge in [0, 0.05) is 11.4 Å². The van der Waals surface area contributed by atoms with Crippen LogP contribution in [0.4, 0.5) is 21.5 Å². The molecular formula is C13H10BrFN2O2. The summed E-state index contributed by atoms with van der Waals surface area (Å²) in [6, 6.07) is 8.84. The fraction of sp³-hybridized carbons (Fsp3) is 0. The van der Waals surface area contributed by atoms with E-state index in [0.717, 1.165) is 0 Å². The first kappa shape index (κ1) is 13.4. The van der Waals surface area contributed by atoms with Gasteiger partial charge in [-0.05, 0) is 52.3 Å². The number of halogens is 2. The molecule has 2 aromatic rings. The number of nitrogens with two attached hydrogens (primary N) is 1. The Morgan fingerprint density at radius 2 is 2.00 bits per heavy atom. The second-order valence-corrected chi connectivity index (χ2v) is 4.72. The van der Waals surface area contributed by atoms with E-state index < -0.39 is 5.97 Å². The molecule has 0 aliphatic heterocycles. The molecule has 0 aliphatic rings. The molecule has 0 spiro atoms. The quantitative estimate of drug-likeness (QED) is 0.754. The molecule has 0 saturated carbocycles. The molecule has 0 aromatic heterocycles. The number of benzene rings is 2. The van der Waals surface area contributed by atoms with Gasteiger partial charge in [0.1, 0.15) is 5.82 Å². The summed E-state index contributed by atoms with van der Waals surface area (Å²) < 4.78 is 13.4. The van der Waals surface area contributed by atoms with Crippen molar-refractivity contribution in [2.24, 2.45) is 0 Å². The van der Waals surface area contributed by atoms with Crippen molar-refractivity contribution in [3.05, 3.63) is 52.3 Å². The molecule has 0 amide bonds. The Balaban J connectivity index is 2.37. The van der Waals surface area contributed by atoms with Crippen LogP contribution in [0.1, 0.15) is 10.4 Å². The van der Waals surface area contributed by atoms with Crippen molar-refractivity contribution in [3.63, 3.8) is 0 Å². The molecule has 0 bridgehead atoms. The Morgan fingerprint density at radius 1 is 1.26 bits per heavy atom. The molecule has 2 aromatic carbocycles. The van der Waals surface area contributed by atoms with Gasteiger partial charge in [-0.2, -0.15) is 0 Å². The minimum Gasteiger partial charge on any atom is -0.478 e. The molecule has 0 atom stereocenters. The number of hydrogen-bond acceptors (Lipinski definition) is 3. The van der Waals surface area contributed by atoms with Gasteiger partial charge >= 0.3 is 5.97 Å².